The maximum Gasteiger partial charge on any atom is 0.312 e. The quantitative estimate of drug-likeness (QED) is 0.489. The van der Waals surface area contributed by atoms with Crippen LogP contribution in [-0.4, -0.2) is 13.1 Å². The standard InChI is InChI=1S/C13H20O2/c1-13-7-4-3-5-11(13)9-10(6-8-13)12(14)15-2/h9-10H,3-8H2,1-2H3/t10?,13-/m1/s1. The lowest BCUT2D eigenvalue weighted by Gasteiger charge is -2.41. The Morgan fingerprint density at radius 1 is 1.47 bits per heavy atom. The van der Waals surface area contributed by atoms with Crippen LogP contribution in [0, 0.1) is 11.3 Å². The Bertz CT molecular complexity index is 293. The Morgan fingerprint density at radius 2 is 2.27 bits per heavy atom. The van der Waals surface area contributed by atoms with Crippen LogP contribution < -0.4 is 0 Å². The molecule has 2 rings (SSSR count). The fraction of sp³-hybridized carbons (Fsp3) is 0.769. The Labute approximate surface area is 91.7 Å². The maximum atomic E-state index is 11.5. The highest BCUT2D eigenvalue weighted by atomic mass is 16.5. The van der Waals surface area contributed by atoms with Crippen LogP contribution in [0.2, 0.25) is 0 Å². The summed E-state index contributed by atoms with van der Waals surface area (Å²) in [5.41, 5.74) is 1.90. The summed E-state index contributed by atoms with van der Waals surface area (Å²) in [4.78, 5) is 11.5. The van der Waals surface area contributed by atoms with Gasteiger partial charge in [-0.25, -0.2) is 0 Å². The van der Waals surface area contributed by atoms with Crippen LogP contribution in [0.15, 0.2) is 11.6 Å². The summed E-state index contributed by atoms with van der Waals surface area (Å²) in [6.45, 7) is 2.35. The largest absolute Gasteiger partial charge is 0.469 e. The summed E-state index contributed by atoms with van der Waals surface area (Å²) >= 11 is 0. The number of hydrogen-bond acceptors (Lipinski definition) is 2. The molecule has 0 spiro atoms. The van der Waals surface area contributed by atoms with E-state index in [2.05, 4.69) is 13.0 Å². The van der Waals surface area contributed by atoms with Crippen LogP contribution in [0.3, 0.4) is 0 Å². The topological polar surface area (TPSA) is 26.3 Å². The molecule has 0 aliphatic heterocycles. The van der Waals surface area contributed by atoms with Gasteiger partial charge in [0, 0.05) is 0 Å². The third-order valence-electron chi connectivity index (χ3n) is 4.11. The number of methoxy groups -OCH3 is 1. The van der Waals surface area contributed by atoms with Gasteiger partial charge in [0.1, 0.15) is 0 Å². The van der Waals surface area contributed by atoms with Crippen molar-refractivity contribution in [2.24, 2.45) is 11.3 Å². The lowest BCUT2D eigenvalue weighted by atomic mass is 9.64. The number of ether oxygens (including phenoxy) is 1. The maximum absolute atomic E-state index is 11.5. The molecule has 2 nitrogen and oxygen atoms in total. The zero-order valence-electron chi connectivity index (χ0n) is 9.71. The number of allylic oxidation sites excluding steroid dienone is 1. The minimum absolute atomic E-state index is 0.0242. The van der Waals surface area contributed by atoms with Gasteiger partial charge >= 0.3 is 5.97 Å². The molecule has 1 unspecified atom stereocenters. The fourth-order valence-electron chi connectivity index (χ4n) is 3.00. The number of carbonyl (C=O) groups is 1. The van der Waals surface area contributed by atoms with E-state index in [1.807, 2.05) is 0 Å². The van der Waals surface area contributed by atoms with E-state index < -0.39 is 0 Å². The first kappa shape index (κ1) is 10.7. The minimum atomic E-state index is -0.0601. The predicted octanol–water partition coefficient (Wildman–Crippen LogP) is 3.08. The van der Waals surface area contributed by atoms with Crippen LogP contribution in [-0.2, 0) is 9.53 Å². The second-order valence-electron chi connectivity index (χ2n) is 5.13. The Morgan fingerprint density at radius 3 is 3.00 bits per heavy atom. The van der Waals surface area contributed by atoms with Crippen molar-refractivity contribution in [2.75, 3.05) is 7.11 Å². The summed E-state index contributed by atoms with van der Waals surface area (Å²) in [6.07, 6.45) is 9.42. The molecular weight excluding hydrogens is 188 g/mol. The van der Waals surface area contributed by atoms with Crippen molar-refractivity contribution in [3.63, 3.8) is 0 Å². The first-order valence-electron chi connectivity index (χ1n) is 5.95. The molecule has 0 radical (unpaired) electrons. The third kappa shape index (κ3) is 1.95. The van der Waals surface area contributed by atoms with Gasteiger partial charge in [-0.3, -0.25) is 4.79 Å². The van der Waals surface area contributed by atoms with E-state index in [0.717, 1.165) is 12.8 Å². The van der Waals surface area contributed by atoms with Crippen molar-refractivity contribution in [1.29, 1.82) is 0 Å². The molecule has 0 aromatic heterocycles. The molecule has 0 saturated heterocycles. The lowest BCUT2D eigenvalue weighted by Crippen LogP contribution is -2.30. The van der Waals surface area contributed by atoms with Gasteiger partial charge in [-0.2, -0.15) is 0 Å². The van der Waals surface area contributed by atoms with Crippen molar-refractivity contribution in [3.8, 4) is 0 Å². The lowest BCUT2D eigenvalue weighted by molar-refractivity contribution is -0.144. The van der Waals surface area contributed by atoms with Crippen LogP contribution >= 0.6 is 0 Å². The van der Waals surface area contributed by atoms with E-state index in [0.29, 0.717) is 5.41 Å². The van der Waals surface area contributed by atoms with Gasteiger partial charge in [-0.1, -0.05) is 25.0 Å². The highest BCUT2D eigenvalue weighted by Gasteiger charge is 2.37. The number of carbonyl (C=O) groups excluding carboxylic acids is 1. The zero-order chi connectivity index (χ0) is 10.9. The molecule has 0 aromatic carbocycles. The normalized spacial score (nSPS) is 35.3. The summed E-state index contributed by atoms with van der Waals surface area (Å²) in [5.74, 6) is -0.0358. The second kappa shape index (κ2) is 3.99. The molecule has 2 aliphatic carbocycles. The number of esters is 1. The van der Waals surface area contributed by atoms with Gasteiger partial charge in [0.05, 0.1) is 13.0 Å². The van der Waals surface area contributed by atoms with E-state index in [1.165, 1.54) is 38.4 Å². The minimum Gasteiger partial charge on any atom is -0.469 e. The Hall–Kier alpha value is -0.790. The number of rotatable bonds is 1. The van der Waals surface area contributed by atoms with Crippen LogP contribution in [0.4, 0.5) is 0 Å². The molecular formula is C13H20O2. The van der Waals surface area contributed by atoms with Crippen LogP contribution in [0.5, 0.6) is 0 Å². The summed E-state index contributed by atoms with van der Waals surface area (Å²) in [7, 11) is 1.48. The van der Waals surface area contributed by atoms with Gasteiger partial charge in [-0.15, -0.1) is 0 Å². The van der Waals surface area contributed by atoms with E-state index >= 15 is 0 Å². The highest BCUT2D eigenvalue weighted by Crippen LogP contribution is 2.48. The third-order valence-corrected chi connectivity index (χ3v) is 4.11. The molecule has 0 bridgehead atoms. The van der Waals surface area contributed by atoms with Crippen LogP contribution in [0.1, 0.15) is 45.4 Å². The second-order valence-corrected chi connectivity index (χ2v) is 5.13. The van der Waals surface area contributed by atoms with Gasteiger partial charge < -0.3 is 4.74 Å². The molecule has 2 aliphatic rings. The van der Waals surface area contributed by atoms with E-state index in [-0.39, 0.29) is 11.9 Å². The van der Waals surface area contributed by atoms with Gasteiger partial charge in [0.25, 0.3) is 0 Å². The molecule has 1 fully saturated rings. The summed E-state index contributed by atoms with van der Waals surface area (Å²) in [5, 5.41) is 0. The first-order valence-corrected chi connectivity index (χ1v) is 5.95. The van der Waals surface area contributed by atoms with E-state index in [4.69, 9.17) is 4.74 Å². The van der Waals surface area contributed by atoms with Crippen LogP contribution in [0.25, 0.3) is 0 Å². The molecule has 0 aromatic rings. The van der Waals surface area contributed by atoms with Gasteiger partial charge in [0.2, 0.25) is 0 Å². The summed E-state index contributed by atoms with van der Waals surface area (Å²) in [6, 6.07) is 0. The van der Waals surface area contributed by atoms with Crippen molar-refractivity contribution in [3.05, 3.63) is 11.6 Å². The molecule has 15 heavy (non-hydrogen) atoms. The first-order chi connectivity index (χ1) is 7.15. The van der Waals surface area contributed by atoms with Gasteiger partial charge in [-0.05, 0) is 37.5 Å². The molecule has 1 saturated carbocycles. The molecule has 0 heterocycles. The number of fused-ring (bicyclic) bond motifs is 1. The monoisotopic (exact) mass is 208 g/mol. The molecule has 0 amide bonds. The zero-order valence-corrected chi connectivity index (χ0v) is 9.71. The Kier molecular flexibility index (Phi) is 2.85. The van der Waals surface area contributed by atoms with Crippen molar-refractivity contribution < 1.29 is 9.53 Å². The summed E-state index contributed by atoms with van der Waals surface area (Å²) < 4.78 is 4.82. The smallest absolute Gasteiger partial charge is 0.312 e. The average Bonchev–Trinajstić information content (AvgIpc) is 2.26. The molecule has 84 valence electrons. The van der Waals surface area contributed by atoms with E-state index in [9.17, 15) is 4.79 Å². The van der Waals surface area contributed by atoms with E-state index in [1.54, 1.807) is 0 Å². The highest BCUT2D eigenvalue weighted by molar-refractivity contribution is 5.74. The average molecular weight is 208 g/mol. The molecule has 2 atom stereocenters. The SMILES string of the molecule is COC(=O)C1C=C2CCCC[C@]2(C)CC1. The van der Waals surface area contributed by atoms with Crippen molar-refractivity contribution in [2.45, 2.75) is 45.4 Å². The number of hydrogen-bond donors (Lipinski definition) is 0. The van der Waals surface area contributed by atoms with Crippen molar-refractivity contribution in [1.82, 2.24) is 0 Å². The van der Waals surface area contributed by atoms with Crippen molar-refractivity contribution >= 4 is 5.97 Å². The fourth-order valence-corrected chi connectivity index (χ4v) is 3.00. The molecule has 2 heteroatoms. The predicted molar refractivity (Wildman–Crippen MR) is 59.4 cm³/mol. The molecule has 0 N–H and O–H groups in total. The van der Waals surface area contributed by atoms with Gasteiger partial charge in [0.15, 0.2) is 0 Å². The Balaban J connectivity index is 2.18.